The lowest BCUT2D eigenvalue weighted by Crippen LogP contribution is -2.60. The number of aromatic nitrogens is 2. The van der Waals surface area contributed by atoms with Crippen LogP contribution < -0.4 is 11.3 Å². The molecule has 0 amide bonds. The summed E-state index contributed by atoms with van der Waals surface area (Å²) in [6.07, 6.45) is 9.80. The molecule has 19 heavy (non-hydrogen) atoms. The molecule has 1 aliphatic carbocycles. The number of nitrogens with two attached hydrogens (primary N) is 1. The Kier molecular flexibility index (Phi) is 4.60. The molecule has 2 rings (SSSR count). The first-order valence-corrected chi connectivity index (χ1v) is 7.27. The highest BCUT2D eigenvalue weighted by Crippen LogP contribution is 2.37. The molecule has 1 aromatic heterocycles. The van der Waals surface area contributed by atoms with Crippen molar-refractivity contribution in [3.63, 3.8) is 0 Å². The van der Waals surface area contributed by atoms with Crippen LogP contribution in [0.2, 0.25) is 0 Å². The molecule has 108 valence electrons. The molecule has 5 nitrogen and oxygen atoms in total. The van der Waals surface area contributed by atoms with Crippen molar-refractivity contribution < 1.29 is 0 Å². The van der Waals surface area contributed by atoms with E-state index >= 15 is 0 Å². The maximum Gasteiger partial charge on any atom is 0.110 e. The van der Waals surface area contributed by atoms with Gasteiger partial charge in [-0.2, -0.15) is 0 Å². The first kappa shape index (κ1) is 14.5. The smallest absolute Gasteiger partial charge is 0.110 e. The molecule has 0 aliphatic heterocycles. The van der Waals surface area contributed by atoms with Gasteiger partial charge < -0.3 is 9.47 Å². The van der Waals surface area contributed by atoms with Gasteiger partial charge in [0.1, 0.15) is 5.82 Å². The topological polar surface area (TPSA) is 59.1 Å². The van der Waals surface area contributed by atoms with E-state index in [4.69, 9.17) is 5.84 Å². The van der Waals surface area contributed by atoms with E-state index < -0.39 is 0 Å². The number of hydrazine groups is 1. The van der Waals surface area contributed by atoms with Crippen molar-refractivity contribution in [1.29, 1.82) is 0 Å². The second-order valence-electron chi connectivity index (χ2n) is 5.76. The Morgan fingerprint density at radius 2 is 2.16 bits per heavy atom. The minimum absolute atomic E-state index is 0.166. The third-order valence-electron chi connectivity index (χ3n) is 4.74. The van der Waals surface area contributed by atoms with Crippen LogP contribution in [0.5, 0.6) is 0 Å². The number of aryl methyl sites for hydroxylation is 1. The Labute approximate surface area is 116 Å². The maximum absolute atomic E-state index is 5.87. The zero-order valence-electron chi connectivity index (χ0n) is 12.4. The number of hydrogen-bond donors (Lipinski definition) is 2. The zero-order chi connectivity index (χ0) is 13.9. The lowest BCUT2D eigenvalue weighted by Gasteiger charge is -2.43. The molecule has 0 bridgehead atoms. The second-order valence-corrected chi connectivity index (χ2v) is 5.76. The Morgan fingerprint density at radius 3 is 2.68 bits per heavy atom. The molecule has 0 aromatic carbocycles. The van der Waals surface area contributed by atoms with Crippen LogP contribution in [0, 0.1) is 0 Å². The van der Waals surface area contributed by atoms with Gasteiger partial charge in [-0.1, -0.05) is 12.8 Å². The summed E-state index contributed by atoms with van der Waals surface area (Å²) in [4.78, 5) is 6.84. The van der Waals surface area contributed by atoms with Gasteiger partial charge in [-0.15, -0.1) is 0 Å². The number of likely N-dealkylation sites (N-methyl/N-ethyl adjacent to an activating group) is 1. The van der Waals surface area contributed by atoms with E-state index in [1.807, 2.05) is 12.4 Å². The summed E-state index contributed by atoms with van der Waals surface area (Å²) >= 11 is 0. The number of rotatable bonds is 6. The van der Waals surface area contributed by atoms with Crippen molar-refractivity contribution in [1.82, 2.24) is 19.9 Å². The molecule has 1 aromatic rings. The third kappa shape index (κ3) is 2.68. The van der Waals surface area contributed by atoms with Gasteiger partial charge in [-0.3, -0.25) is 11.3 Å². The fraction of sp³-hybridized carbons (Fsp3) is 0.786. The highest BCUT2D eigenvalue weighted by Gasteiger charge is 2.43. The Balaban J connectivity index is 2.19. The van der Waals surface area contributed by atoms with Crippen LogP contribution in [0.25, 0.3) is 0 Å². The quantitative estimate of drug-likeness (QED) is 0.598. The predicted molar refractivity (Wildman–Crippen MR) is 77.6 cm³/mol. The van der Waals surface area contributed by atoms with Gasteiger partial charge in [0.2, 0.25) is 0 Å². The Hall–Kier alpha value is -0.910. The van der Waals surface area contributed by atoms with Crippen molar-refractivity contribution in [2.45, 2.75) is 57.2 Å². The molecule has 0 saturated heterocycles. The summed E-state index contributed by atoms with van der Waals surface area (Å²) in [6.45, 7) is 3.11. The van der Waals surface area contributed by atoms with Gasteiger partial charge >= 0.3 is 0 Å². The van der Waals surface area contributed by atoms with Crippen LogP contribution in [0.3, 0.4) is 0 Å². The van der Waals surface area contributed by atoms with Gasteiger partial charge in [-0.25, -0.2) is 4.98 Å². The highest BCUT2D eigenvalue weighted by atomic mass is 15.3. The molecule has 1 unspecified atom stereocenters. The molecule has 1 atom stereocenters. The van der Waals surface area contributed by atoms with E-state index in [1.165, 1.54) is 25.7 Å². The Morgan fingerprint density at radius 1 is 1.47 bits per heavy atom. The van der Waals surface area contributed by atoms with Crippen LogP contribution in [0.1, 0.15) is 38.4 Å². The molecule has 1 heterocycles. The lowest BCUT2D eigenvalue weighted by molar-refractivity contribution is 0.103. The predicted octanol–water partition coefficient (Wildman–Crippen LogP) is 1.15. The normalized spacial score (nSPS) is 20.1. The number of imidazole rings is 1. The lowest BCUT2D eigenvalue weighted by atomic mass is 9.85. The van der Waals surface area contributed by atoms with Gasteiger partial charge in [0.25, 0.3) is 0 Å². The second kappa shape index (κ2) is 6.03. The first-order valence-electron chi connectivity index (χ1n) is 7.27. The van der Waals surface area contributed by atoms with Crippen LogP contribution in [-0.2, 0) is 13.0 Å². The molecule has 3 N–H and O–H groups in total. The standard InChI is InChI=1S/C14H27N5/c1-4-19-10-9-16-13(19)11-12(17-15)14(18(2)3)7-5-6-8-14/h9-10,12,17H,4-8,11,15H2,1-3H3. The van der Waals surface area contributed by atoms with Crippen molar-refractivity contribution in [3.05, 3.63) is 18.2 Å². The van der Waals surface area contributed by atoms with E-state index in [0.29, 0.717) is 0 Å². The molecule has 1 saturated carbocycles. The Bertz CT molecular complexity index is 392. The largest absolute Gasteiger partial charge is 0.335 e. The van der Waals surface area contributed by atoms with Crippen molar-refractivity contribution in [2.75, 3.05) is 14.1 Å². The average Bonchev–Trinajstić information content (AvgIpc) is 3.05. The fourth-order valence-corrected chi connectivity index (χ4v) is 3.50. The summed E-state index contributed by atoms with van der Waals surface area (Å²) in [5.74, 6) is 6.99. The summed E-state index contributed by atoms with van der Waals surface area (Å²) in [7, 11) is 4.34. The van der Waals surface area contributed by atoms with Crippen molar-refractivity contribution in [2.24, 2.45) is 5.84 Å². The molecule has 5 heteroatoms. The number of nitrogens with one attached hydrogen (secondary N) is 1. The van der Waals surface area contributed by atoms with E-state index in [2.05, 4.69) is 40.9 Å². The summed E-state index contributed by atoms with van der Waals surface area (Å²) in [5.41, 5.74) is 3.23. The number of hydrogen-bond acceptors (Lipinski definition) is 4. The van der Waals surface area contributed by atoms with Gasteiger partial charge in [0.15, 0.2) is 0 Å². The summed E-state index contributed by atoms with van der Waals surface area (Å²) < 4.78 is 2.20. The van der Waals surface area contributed by atoms with Crippen LogP contribution in [0.4, 0.5) is 0 Å². The van der Waals surface area contributed by atoms with Crippen LogP contribution >= 0.6 is 0 Å². The minimum atomic E-state index is 0.166. The highest BCUT2D eigenvalue weighted by molar-refractivity contribution is 5.06. The third-order valence-corrected chi connectivity index (χ3v) is 4.74. The van der Waals surface area contributed by atoms with E-state index in [0.717, 1.165) is 18.8 Å². The molecular weight excluding hydrogens is 238 g/mol. The van der Waals surface area contributed by atoms with Gasteiger partial charge in [0, 0.05) is 36.9 Å². The van der Waals surface area contributed by atoms with Gasteiger partial charge in [0.05, 0.1) is 0 Å². The fourth-order valence-electron chi connectivity index (χ4n) is 3.50. The van der Waals surface area contributed by atoms with Crippen molar-refractivity contribution in [3.8, 4) is 0 Å². The molecule has 0 radical (unpaired) electrons. The van der Waals surface area contributed by atoms with Crippen molar-refractivity contribution >= 4 is 0 Å². The van der Waals surface area contributed by atoms with Gasteiger partial charge in [-0.05, 0) is 33.9 Å². The van der Waals surface area contributed by atoms with E-state index in [9.17, 15) is 0 Å². The van der Waals surface area contributed by atoms with Crippen LogP contribution in [-0.4, -0.2) is 40.1 Å². The van der Waals surface area contributed by atoms with E-state index in [1.54, 1.807) is 0 Å². The SMILES string of the molecule is CCn1ccnc1CC(NN)C1(N(C)C)CCCC1. The average molecular weight is 265 g/mol. The molecule has 1 fully saturated rings. The summed E-state index contributed by atoms with van der Waals surface area (Å²) in [6, 6.07) is 0.248. The minimum Gasteiger partial charge on any atom is -0.335 e. The van der Waals surface area contributed by atoms with Crippen LogP contribution in [0.15, 0.2) is 12.4 Å². The molecule has 0 spiro atoms. The first-order chi connectivity index (χ1) is 9.14. The monoisotopic (exact) mass is 265 g/mol. The molecule has 1 aliphatic rings. The zero-order valence-corrected chi connectivity index (χ0v) is 12.4. The summed E-state index contributed by atoms with van der Waals surface area (Å²) in [5, 5.41) is 0. The van der Waals surface area contributed by atoms with E-state index in [-0.39, 0.29) is 11.6 Å². The maximum atomic E-state index is 5.87. The molecular formula is C14H27N5. The number of nitrogens with zero attached hydrogens (tertiary/aromatic N) is 3.